The number of hydrogen-bond donors (Lipinski definition) is 0. The summed E-state index contributed by atoms with van der Waals surface area (Å²) in [5.74, 6) is 1.47. The van der Waals surface area contributed by atoms with Gasteiger partial charge in [-0.2, -0.15) is 0 Å². The molecular weight excluding hydrogens is 230 g/mol. The highest BCUT2D eigenvalue weighted by Gasteiger charge is 2.22. The molecule has 2 saturated heterocycles. The minimum atomic E-state index is 0.270. The molecule has 0 spiro atoms. The lowest BCUT2D eigenvalue weighted by molar-refractivity contribution is -0.116. The number of aromatic nitrogens is 2. The molecule has 18 heavy (non-hydrogen) atoms. The molecule has 3 rings (SSSR count). The Kier molecular flexibility index (Phi) is 3.23. The molecular formula is C13H17N3O2. The van der Waals surface area contributed by atoms with Crippen molar-refractivity contribution in [2.45, 2.75) is 25.2 Å². The topological polar surface area (TPSA) is 55.3 Å². The number of carbonyl (C=O) groups is 1. The number of carbonyl (C=O) groups excluding carboxylic acids is 1. The summed E-state index contributed by atoms with van der Waals surface area (Å²) in [6, 6.07) is 0. The number of hydrogen-bond acceptors (Lipinski definition) is 5. The Bertz CT molecular complexity index is 426. The summed E-state index contributed by atoms with van der Waals surface area (Å²) in [5.41, 5.74) is 1.19. The Morgan fingerprint density at radius 1 is 1.22 bits per heavy atom. The van der Waals surface area contributed by atoms with Gasteiger partial charge >= 0.3 is 0 Å². The number of nitrogens with zero attached hydrogens (tertiary/aromatic N) is 3. The van der Waals surface area contributed by atoms with E-state index in [4.69, 9.17) is 4.74 Å². The van der Waals surface area contributed by atoms with Crippen LogP contribution in [0.5, 0.6) is 0 Å². The largest absolute Gasteiger partial charge is 0.381 e. The highest BCUT2D eigenvalue weighted by molar-refractivity contribution is 5.86. The van der Waals surface area contributed by atoms with Gasteiger partial charge in [0.2, 0.25) is 5.95 Å². The third-order valence-corrected chi connectivity index (χ3v) is 3.66. The lowest BCUT2D eigenvalue weighted by Crippen LogP contribution is -2.22. The van der Waals surface area contributed by atoms with Gasteiger partial charge in [-0.15, -0.1) is 0 Å². The van der Waals surface area contributed by atoms with Crippen LogP contribution in [0.1, 0.15) is 30.7 Å². The lowest BCUT2D eigenvalue weighted by atomic mass is 9.94. The summed E-state index contributed by atoms with van der Waals surface area (Å²) in [4.78, 5) is 22.0. The Hall–Kier alpha value is -1.49. The van der Waals surface area contributed by atoms with Crippen molar-refractivity contribution in [3.05, 3.63) is 18.0 Å². The normalized spacial score (nSPS) is 21.6. The standard InChI is InChI=1S/C13H17N3O2/c17-12-1-4-16(9-12)13-14-7-11(8-15-13)10-2-5-18-6-3-10/h7-8,10H,1-6,9H2. The van der Waals surface area contributed by atoms with Crippen LogP contribution in [0.3, 0.4) is 0 Å². The van der Waals surface area contributed by atoms with Crippen LogP contribution in [0.2, 0.25) is 0 Å². The van der Waals surface area contributed by atoms with E-state index in [1.165, 1.54) is 5.56 Å². The van der Waals surface area contributed by atoms with Gasteiger partial charge < -0.3 is 9.64 Å². The average Bonchev–Trinajstić information content (AvgIpc) is 2.87. The molecule has 2 aliphatic heterocycles. The molecule has 2 fully saturated rings. The zero-order valence-corrected chi connectivity index (χ0v) is 10.3. The molecule has 0 saturated carbocycles. The van der Waals surface area contributed by atoms with Gasteiger partial charge in [0.25, 0.3) is 0 Å². The van der Waals surface area contributed by atoms with Gasteiger partial charge in [-0.3, -0.25) is 4.79 Å². The summed E-state index contributed by atoms with van der Waals surface area (Å²) in [5, 5.41) is 0. The molecule has 5 nitrogen and oxygen atoms in total. The zero-order chi connectivity index (χ0) is 12.4. The van der Waals surface area contributed by atoms with Gasteiger partial charge in [0, 0.05) is 38.6 Å². The van der Waals surface area contributed by atoms with Crippen molar-refractivity contribution in [2.24, 2.45) is 0 Å². The zero-order valence-electron chi connectivity index (χ0n) is 10.3. The maximum absolute atomic E-state index is 11.2. The average molecular weight is 247 g/mol. The fourth-order valence-corrected chi connectivity index (χ4v) is 2.54. The van der Waals surface area contributed by atoms with Crippen LogP contribution < -0.4 is 4.90 Å². The Balaban J connectivity index is 1.70. The first-order valence-electron chi connectivity index (χ1n) is 6.49. The first-order chi connectivity index (χ1) is 8.83. The van der Waals surface area contributed by atoms with Crippen molar-refractivity contribution >= 4 is 11.7 Å². The first-order valence-corrected chi connectivity index (χ1v) is 6.49. The van der Waals surface area contributed by atoms with Crippen molar-refractivity contribution in [2.75, 3.05) is 31.2 Å². The summed E-state index contributed by atoms with van der Waals surface area (Å²) in [7, 11) is 0. The summed E-state index contributed by atoms with van der Waals surface area (Å²) in [6.07, 6.45) is 6.52. The molecule has 2 aliphatic rings. The molecule has 0 atom stereocenters. The number of anilines is 1. The van der Waals surface area contributed by atoms with E-state index in [0.29, 0.717) is 24.8 Å². The fraction of sp³-hybridized carbons (Fsp3) is 0.615. The van der Waals surface area contributed by atoms with E-state index in [0.717, 1.165) is 32.6 Å². The van der Waals surface area contributed by atoms with Crippen LogP contribution in [0.25, 0.3) is 0 Å². The van der Waals surface area contributed by atoms with E-state index in [9.17, 15) is 4.79 Å². The maximum Gasteiger partial charge on any atom is 0.225 e. The minimum absolute atomic E-state index is 0.270. The highest BCUT2D eigenvalue weighted by atomic mass is 16.5. The Morgan fingerprint density at radius 2 is 1.94 bits per heavy atom. The lowest BCUT2D eigenvalue weighted by Gasteiger charge is -2.22. The molecule has 0 aliphatic carbocycles. The molecule has 5 heteroatoms. The van der Waals surface area contributed by atoms with E-state index in [1.807, 2.05) is 17.3 Å². The monoisotopic (exact) mass is 247 g/mol. The SMILES string of the molecule is O=C1CCN(c2ncc(C3CCOCC3)cn2)C1. The van der Waals surface area contributed by atoms with Gasteiger partial charge in [0.15, 0.2) is 5.78 Å². The molecule has 1 aromatic rings. The van der Waals surface area contributed by atoms with Crippen molar-refractivity contribution in [1.29, 1.82) is 0 Å². The summed E-state index contributed by atoms with van der Waals surface area (Å²) < 4.78 is 5.35. The van der Waals surface area contributed by atoms with Crippen LogP contribution in [-0.4, -0.2) is 42.1 Å². The van der Waals surface area contributed by atoms with Crippen LogP contribution >= 0.6 is 0 Å². The van der Waals surface area contributed by atoms with Crippen LogP contribution in [-0.2, 0) is 9.53 Å². The van der Waals surface area contributed by atoms with E-state index in [1.54, 1.807) is 0 Å². The van der Waals surface area contributed by atoms with Crippen molar-refractivity contribution in [3.63, 3.8) is 0 Å². The smallest absolute Gasteiger partial charge is 0.225 e. The molecule has 0 bridgehead atoms. The van der Waals surface area contributed by atoms with Gasteiger partial charge in [0.05, 0.1) is 6.54 Å². The molecule has 0 unspecified atom stereocenters. The minimum Gasteiger partial charge on any atom is -0.381 e. The van der Waals surface area contributed by atoms with Gasteiger partial charge in [0.1, 0.15) is 0 Å². The maximum atomic E-state index is 11.2. The molecule has 0 amide bonds. The summed E-state index contributed by atoms with van der Waals surface area (Å²) >= 11 is 0. The molecule has 96 valence electrons. The quantitative estimate of drug-likeness (QED) is 0.784. The number of Topliss-reactive ketones (excluding diaryl/α,β-unsaturated/α-hetero) is 1. The van der Waals surface area contributed by atoms with E-state index < -0.39 is 0 Å². The van der Waals surface area contributed by atoms with Crippen LogP contribution in [0.15, 0.2) is 12.4 Å². The molecule has 0 aromatic carbocycles. The molecule has 0 N–H and O–H groups in total. The first kappa shape index (κ1) is 11.6. The molecule has 3 heterocycles. The van der Waals surface area contributed by atoms with Crippen LogP contribution in [0.4, 0.5) is 5.95 Å². The Morgan fingerprint density at radius 3 is 2.56 bits per heavy atom. The number of rotatable bonds is 2. The third-order valence-electron chi connectivity index (χ3n) is 3.66. The number of ether oxygens (including phenoxy) is 1. The van der Waals surface area contributed by atoms with Crippen molar-refractivity contribution < 1.29 is 9.53 Å². The van der Waals surface area contributed by atoms with E-state index in [2.05, 4.69) is 9.97 Å². The van der Waals surface area contributed by atoms with E-state index >= 15 is 0 Å². The Labute approximate surface area is 106 Å². The summed E-state index contributed by atoms with van der Waals surface area (Å²) in [6.45, 7) is 2.85. The van der Waals surface area contributed by atoms with Gasteiger partial charge in [-0.05, 0) is 24.3 Å². The predicted octanol–water partition coefficient (Wildman–Crippen LogP) is 1.15. The van der Waals surface area contributed by atoms with Crippen LogP contribution in [0, 0.1) is 0 Å². The molecule has 1 aromatic heterocycles. The van der Waals surface area contributed by atoms with Crippen molar-refractivity contribution in [1.82, 2.24) is 9.97 Å². The highest BCUT2D eigenvalue weighted by Crippen LogP contribution is 2.26. The number of ketones is 1. The second-order valence-electron chi connectivity index (χ2n) is 4.91. The third kappa shape index (κ3) is 2.36. The van der Waals surface area contributed by atoms with Gasteiger partial charge in [-0.1, -0.05) is 0 Å². The van der Waals surface area contributed by atoms with Gasteiger partial charge in [-0.25, -0.2) is 9.97 Å². The fourth-order valence-electron chi connectivity index (χ4n) is 2.54. The van der Waals surface area contributed by atoms with E-state index in [-0.39, 0.29) is 5.78 Å². The second kappa shape index (κ2) is 5.02. The molecule has 0 radical (unpaired) electrons. The predicted molar refractivity (Wildman–Crippen MR) is 66.7 cm³/mol. The second-order valence-corrected chi connectivity index (χ2v) is 4.91. The van der Waals surface area contributed by atoms with Crippen molar-refractivity contribution in [3.8, 4) is 0 Å².